The lowest BCUT2D eigenvalue weighted by atomic mass is 9.86. The quantitative estimate of drug-likeness (QED) is 0.350. The van der Waals surface area contributed by atoms with E-state index in [2.05, 4.69) is 29.2 Å². The van der Waals surface area contributed by atoms with E-state index in [1.54, 1.807) is 12.3 Å². The fourth-order valence-electron chi connectivity index (χ4n) is 3.62. The summed E-state index contributed by atoms with van der Waals surface area (Å²) < 4.78 is 15.0. The molecule has 0 amide bonds. The third kappa shape index (κ3) is 4.17. The van der Waals surface area contributed by atoms with Crippen LogP contribution < -0.4 is 0 Å². The third-order valence-electron chi connectivity index (χ3n) is 5.09. The standard InChI is InChI=1S/C27H22FN/c1-20-11-10-18-29-26(20)19-24(23-16-8-9-17-25(23)28)27(21-12-4-2-5-13-21)22-14-6-3-7-15-22/h2-18H,19H2,1H3. The first kappa shape index (κ1) is 18.8. The van der Waals surface area contributed by atoms with Crippen molar-refractivity contribution in [3.8, 4) is 0 Å². The van der Waals surface area contributed by atoms with Gasteiger partial charge in [0, 0.05) is 23.9 Å². The minimum absolute atomic E-state index is 0.222. The molecule has 0 aliphatic rings. The normalized spacial score (nSPS) is 10.6. The van der Waals surface area contributed by atoms with Gasteiger partial charge in [-0.15, -0.1) is 0 Å². The molecule has 1 aromatic heterocycles. The van der Waals surface area contributed by atoms with Gasteiger partial charge in [0.05, 0.1) is 0 Å². The molecule has 0 saturated carbocycles. The molecular formula is C27H22FN. The molecule has 2 heteroatoms. The van der Waals surface area contributed by atoms with E-state index in [9.17, 15) is 4.39 Å². The Morgan fingerprint density at radius 3 is 1.90 bits per heavy atom. The molecule has 0 N–H and O–H groups in total. The number of halogens is 1. The summed E-state index contributed by atoms with van der Waals surface area (Å²) in [6, 6.07) is 31.3. The molecule has 0 aliphatic heterocycles. The number of aromatic nitrogens is 1. The van der Waals surface area contributed by atoms with Crippen LogP contribution in [0.1, 0.15) is 27.9 Å². The lowest BCUT2D eigenvalue weighted by molar-refractivity contribution is 0.623. The number of pyridine rings is 1. The van der Waals surface area contributed by atoms with Gasteiger partial charge >= 0.3 is 0 Å². The van der Waals surface area contributed by atoms with Crippen LogP contribution in [0, 0.1) is 12.7 Å². The summed E-state index contributed by atoms with van der Waals surface area (Å²) in [4.78, 5) is 4.59. The van der Waals surface area contributed by atoms with Crippen LogP contribution in [-0.2, 0) is 6.42 Å². The minimum Gasteiger partial charge on any atom is -0.261 e. The third-order valence-corrected chi connectivity index (χ3v) is 5.09. The molecule has 4 rings (SSSR count). The zero-order chi connectivity index (χ0) is 20.1. The van der Waals surface area contributed by atoms with Crippen molar-refractivity contribution in [2.75, 3.05) is 0 Å². The minimum atomic E-state index is -0.222. The second-order valence-corrected chi connectivity index (χ2v) is 7.01. The molecule has 0 radical (unpaired) electrons. The van der Waals surface area contributed by atoms with Gasteiger partial charge in [-0.05, 0) is 46.9 Å². The van der Waals surface area contributed by atoms with Gasteiger partial charge in [0.1, 0.15) is 5.82 Å². The first-order valence-corrected chi connectivity index (χ1v) is 9.73. The van der Waals surface area contributed by atoms with E-state index in [1.807, 2.05) is 67.6 Å². The van der Waals surface area contributed by atoms with Crippen LogP contribution in [0.4, 0.5) is 4.39 Å². The van der Waals surface area contributed by atoms with Crippen molar-refractivity contribution < 1.29 is 4.39 Å². The monoisotopic (exact) mass is 379 g/mol. The van der Waals surface area contributed by atoms with Crippen molar-refractivity contribution in [3.63, 3.8) is 0 Å². The Bertz CT molecular complexity index is 1090. The molecule has 0 unspecified atom stereocenters. The molecule has 0 saturated heterocycles. The van der Waals surface area contributed by atoms with Crippen molar-refractivity contribution in [1.29, 1.82) is 0 Å². The topological polar surface area (TPSA) is 12.9 Å². The summed E-state index contributed by atoms with van der Waals surface area (Å²) in [5.41, 5.74) is 6.75. The fraction of sp³-hybridized carbons (Fsp3) is 0.0741. The first-order valence-electron chi connectivity index (χ1n) is 9.73. The van der Waals surface area contributed by atoms with Crippen LogP contribution in [0.3, 0.4) is 0 Å². The second-order valence-electron chi connectivity index (χ2n) is 7.01. The average molecular weight is 379 g/mol. The molecule has 1 nitrogen and oxygen atoms in total. The summed E-state index contributed by atoms with van der Waals surface area (Å²) in [6.07, 6.45) is 2.35. The van der Waals surface area contributed by atoms with Gasteiger partial charge in [0.2, 0.25) is 0 Å². The van der Waals surface area contributed by atoms with Crippen LogP contribution in [-0.4, -0.2) is 4.98 Å². The van der Waals surface area contributed by atoms with Crippen molar-refractivity contribution in [2.24, 2.45) is 0 Å². The maximum Gasteiger partial charge on any atom is 0.130 e. The van der Waals surface area contributed by atoms with Gasteiger partial charge in [-0.3, -0.25) is 4.98 Å². The van der Waals surface area contributed by atoms with Crippen molar-refractivity contribution in [2.45, 2.75) is 13.3 Å². The molecule has 4 aromatic rings. The highest BCUT2D eigenvalue weighted by molar-refractivity contribution is 5.99. The summed E-state index contributed by atoms with van der Waals surface area (Å²) >= 11 is 0. The van der Waals surface area contributed by atoms with Crippen molar-refractivity contribution >= 4 is 11.1 Å². The number of hydrogen-bond donors (Lipinski definition) is 0. The molecule has 0 bridgehead atoms. The fourth-order valence-corrected chi connectivity index (χ4v) is 3.62. The van der Waals surface area contributed by atoms with Crippen LogP contribution in [0.5, 0.6) is 0 Å². The predicted molar refractivity (Wildman–Crippen MR) is 118 cm³/mol. The Morgan fingerprint density at radius 2 is 1.31 bits per heavy atom. The number of benzene rings is 3. The van der Waals surface area contributed by atoms with Gasteiger partial charge in [-0.25, -0.2) is 4.39 Å². The van der Waals surface area contributed by atoms with Gasteiger partial charge in [-0.2, -0.15) is 0 Å². The molecule has 3 aromatic carbocycles. The van der Waals surface area contributed by atoms with E-state index < -0.39 is 0 Å². The van der Waals surface area contributed by atoms with Crippen LogP contribution >= 0.6 is 0 Å². The van der Waals surface area contributed by atoms with Crippen LogP contribution in [0.25, 0.3) is 11.1 Å². The van der Waals surface area contributed by atoms with Gasteiger partial charge < -0.3 is 0 Å². The Hall–Kier alpha value is -3.52. The maximum absolute atomic E-state index is 15.0. The molecule has 0 spiro atoms. The molecule has 29 heavy (non-hydrogen) atoms. The number of aryl methyl sites for hydroxylation is 1. The van der Waals surface area contributed by atoms with Gasteiger partial charge in [-0.1, -0.05) is 84.9 Å². The van der Waals surface area contributed by atoms with Gasteiger partial charge in [0.25, 0.3) is 0 Å². The molecule has 0 fully saturated rings. The van der Waals surface area contributed by atoms with Crippen molar-refractivity contribution in [3.05, 3.63) is 137 Å². The number of allylic oxidation sites excluding steroid dienone is 1. The van der Waals surface area contributed by atoms with E-state index in [0.29, 0.717) is 12.0 Å². The van der Waals surface area contributed by atoms with E-state index in [4.69, 9.17) is 0 Å². The zero-order valence-corrected chi connectivity index (χ0v) is 16.3. The Balaban J connectivity index is 2.03. The highest BCUT2D eigenvalue weighted by Crippen LogP contribution is 2.35. The largest absolute Gasteiger partial charge is 0.261 e. The lowest BCUT2D eigenvalue weighted by Crippen LogP contribution is -2.03. The molecule has 0 atom stereocenters. The number of hydrogen-bond acceptors (Lipinski definition) is 1. The maximum atomic E-state index is 15.0. The molecule has 0 aliphatic carbocycles. The Kier molecular flexibility index (Phi) is 5.62. The SMILES string of the molecule is Cc1cccnc1CC(=C(c1ccccc1)c1ccccc1)c1ccccc1F. The average Bonchev–Trinajstić information content (AvgIpc) is 2.77. The number of nitrogens with zero attached hydrogens (tertiary/aromatic N) is 1. The van der Waals surface area contributed by atoms with Crippen LogP contribution in [0.15, 0.2) is 103 Å². The number of rotatable bonds is 5. The molecule has 142 valence electrons. The molecule has 1 heterocycles. The smallest absolute Gasteiger partial charge is 0.130 e. The van der Waals surface area contributed by atoms with E-state index >= 15 is 0 Å². The highest BCUT2D eigenvalue weighted by atomic mass is 19.1. The van der Waals surface area contributed by atoms with Gasteiger partial charge in [0.15, 0.2) is 0 Å². The first-order chi connectivity index (χ1) is 14.2. The van der Waals surface area contributed by atoms with E-state index in [1.165, 1.54) is 6.07 Å². The Morgan fingerprint density at radius 1 is 0.724 bits per heavy atom. The summed E-state index contributed by atoms with van der Waals surface area (Å²) in [6.45, 7) is 2.05. The summed E-state index contributed by atoms with van der Waals surface area (Å²) in [5.74, 6) is -0.222. The molecular weight excluding hydrogens is 357 g/mol. The lowest BCUT2D eigenvalue weighted by Gasteiger charge is -2.18. The highest BCUT2D eigenvalue weighted by Gasteiger charge is 2.18. The van der Waals surface area contributed by atoms with E-state index in [0.717, 1.165) is 33.5 Å². The summed E-state index contributed by atoms with van der Waals surface area (Å²) in [7, 11) is 0. The van der Waals surface area contributed by atoms with E-state index in [-0.39, 0.29) is 5.82 Å². The predicted octanol–water partition coefficient (Wildman–Crippen LogP) is 6.73. The zero-order valence-electron chi connectivity index (χ0n) is 16.3. The van der Waals surface area contributed by atoms with Crippen molar-refractivity contribution in [1.82, 2.24) is 4.98 Å². The second kappa shape index (κ2) is 8.66. The van der Waals surface area contributed by atoms with Crippen LogP contribution in [0.2, 0.25) is 0 Å². The summed E-state index contributed by atoms with van der Waals surface area (Å²) in [5, 5.41) is 0. The Labute approximate surface area is 171 Å².